The van der Waals surface area contributed by atoms with Crippen LogP contribution in [0.3, 0.4) is 0 Å². The quantitative estimate of drug-likeness (QED) is 0.938. The summed E-state index contributed by atoms with van der Waals surface area (Å²) in [6, 6.07) is 7.99. The number of nitrogens with zero attached hydrogens (tertiary/aromatic N) is 2. The van der Waals surface area contributed by atoms with E-state index in [1.54, 1.807) is 18.5 Å². The number of pyridine rings is 1. The number of rotatable bonds is 3. The molecule has 1 aromatic carbocycles. The van der Waals surface area contributed by atoms with Crippen molar-refractivity contribution in [1.29, 1.82) is 5.26 Å². The predicted octanol–water partition coefficient (Wildman–Crippen LogP) is 3.26. The standard InChI is InChI=1S/C15H12BrN3O/c16-13-5-10-2-4-20-15(10)12(6-13)8-19-14-9-18-3-1-11(14)7-17/h1,3,5-6,9,19H,2,4,8H2. The molecule has 0 radical (unpaired) electrons. The number of aromatic nitrogens is 1. The average Bonchev–Trinajstić information content (AvgIpc) is 2.93. The van der Waals surface area contributed by atoms with Gasteiger partial charge in [0.05, 0.1) is 24.1 Å². The Morgan fingerprint density at radius 1 is 1.45 bits per heavy atom. The van der Waals surface area contributed by atoms with Crippen molar-refractivity contribution in [3.8, 4) is 11.8 Å². The van der Waals surface area contributed by atoms with Crippen molar-refractivity contribution in [3.05, 3.63) is 51.8 Å². The Morgan fingerprint density at radius 2 is 2.35 bits per heavy atom. The van der Waals surface area contributed by atoms with Gasteiger partial charge in [0, 0.05) is 29.2 Å². The van der Waals surface area contributed by atoms with Crippen LogP contribution in [0.1, 0.15) is 16.7 Å². The molecule has 0 fully saturated rings. The smallest absolute Gasteiger partial charge is 0.127 e. The molecule has 0 atom stereocenters. The van der Waals surface area contributed by atoms with Crippen LogP contribution in [-0.2, 0) is 13.0 Å². The monoisotopic (exact) mass is 329 g/mol. The maximum Gasteiger partial charge on any atom is 0.127 e. The molecule has 0 bridgehead atoms. The Labute approximate surface area is 125 Å². The van der Waals surface area contributed by atoms with E-state index in [0.29, 0.717) is 12.1 Å². The van der Waals surface area contributed by atoms with Gasteiger partial charge in [0.15, 0.2) is 0 Å². The van der Waals surface area contributed by atoms with Crippen LogP contribution in [0.25, 0.3) is 0 Å². The Hall–Kier alpha value is -2.06. The van der Waals surface area contributed by atoms with Crippen LogP contribution in [0, 0.1) is 11.3 Å². The molecule has 3 rings (SSSR count). The molecule has 1 aliphatic rings. The lowest BCUT2D eigenvalue weighted by Gasteiger charge is -2.11. The summed E-state index contributed by atoms with van der Waals surface area (Å²) in [6.45, 7) is 1.33. The van der Waals surface area contributed by atoms with Crippen LogP contribution < -0.4 is 10.1 Å². The summed E-state index contributed by atoms with van der Waals surface area (Å²) in [6.07, 6.45) is 4.22. The topological polar surface area (TPSA) is 57.9 Å². The predicted molar refractivity (Wildman–Crippen MR) is 79.6 cm³/mol. The number of fused-ring (bicyclic) bond motifs is 1. The van der Waals surface area contributed by atoms with Gasteiger partial charge in [0.1, 0.15) is 11.8 Å². The second-order valence-corrected chi connectivity index (χ2v) is 5.45. The number of nitrogens with one attached hydrogen (secondary N) is 1. The molecule has 2 aromatic rings. The van der Waals surface area contributed by atoms with E-state index in [1.165, 1.54) is 5.56 Å². The van der Waals surface area contributed by atoms with Crippen molar-refractivity contribution in [2.24, 2.45) is 0 Å². The van der Waals surface area contributed by atoms with Gasteiger partial charge in [-0.3, -0.25) is 4.98 Å². The van der Waals surface area contributed by atoms with Crippen molar-refractivity contribution in [2.45, 2.75) is 13.0 Å². The molecule has 1 N–H and O–H groups in total. The molecule has 4 nitrogen and oxygen atoms in total. The van der Waals surface area contributed by atoms with Gasteiger partial charge in [-0.25, -0.2) is 0 Å². The van der Waals surface area contributed by atoms with E-state index >= 15 is 0 Å². The van der Waals surface area contributed by atoms with Crippen LogP contribution in [0.5, 0.6) is 5.75 Å². The minimum atomic E-state index is 0.590. The fourth-order valence-corrected chi connectivity index (χ4v) is 2.85. The van der Waals surface area contributed by atoms with Gasteiger partial charge < -0.3 is 10.1 Å². The summed E-state index contributed by atoms with van der Waals surface area (Å²) in [5.74, 6) is 0.961. The van der Waals surface area contributed by atoms with Gasteiger partial charge in [0.2, 0.25) is 0 Å². The molecule has 20 heavy (non-hydrogen) atoms. The number of hydrogen-bond acceptors (Lipinski definition) is 4. The van der Waals surface area contributed by atoms with Crippen LogP contribution >= 0.6 is 15.9 Å². The van der Waals surface area contributed by atoms with Crippen molar-refractivity contribution in [2.75, 3.05) is 11.9 Å². The number of benzene rings is 1. The molecule has 0 spiro atoms. The molecule has 0 saturated carbocycles. The number of hydrogen-bond donors (Lipinski definition) is 1. The molecular weight excluding hydrogens is 318 g/mol. The van der Waals surface area contributed by atoms with Gasteiger partial charge in [-0.05, 0) is 23.8 Å². The first kappa shape index (κ1) is 12.9. The second-order valence-electron chi connectivity index (χ2n) is 4.54. The summed E-state index contributed by atoms with van der Waals surface area (Å²) in [5.41, 5.74) is 3.64. The van der Waals surface area contributed by atoms with E-state index < -0.39 is 0 Å². The van der Waals surface area contributed by atoms with Crippen molar-refractivity contribution in [3.63, 3.8) is 0 Å². The summed E-state index contributed by atoms with van der Waals surface area (Å²) >= 11 is 3.52. The van der Waals surface area contributed by atoms with Crippen molar-refractivity contribution in [1.82, 2.24) is 4.98 Å². The number of halogens is 1. The van der Waals surface area contributed by atoms with E-state index in [4.69, 9.17) is 10.00 Å². The zero-order valence-electron chi connectivity index (χ0n) is 10.7. The molecule has 1 aromatic heterocycles. The summed E-state index contributed by atoms with van der Waals surface area (Å²) in [4.78, 5) is 4.04. The maximum absolute atomic E-state index is 9.06. The molecule has 1 aliphatic heterocycles. The number of nitriles is 1. The van der Waals surface area contributed by atoms with Gasteiger partial charge in [-0.2, -0.15) is 5.26 Å². The summed E-state index contributed by atoms with van der Waals surface area (Å²) in [5, 5.41) is 12.3. The highest BCUT2D eigenvalue weighted by atomic mass is 79.9. The van der Waals surface area contributed by atoms with Gasteiger partial charge in [-0.1, -0.05) is 15.9 Å². The van der Waals surface area contributed by atoms with Crippen LogP contribution in [-0.4, -0.2) is 11.6 Å². The molecule has 2 heterocycles. The molecule has 0 aliphatic carbocycles. The van der Waals surface area contributed by atoms with E-state index in [9.17, 15) is 0 Å². The minimum Gasteiger partial charge on any atom is -0.493 e. The average molecular weight is 330 g/mol. The largest absolute Gasteiger partial charge is 0.493 e. The zero-order valence-corrected chi connectivity index (χ0v) is 12.3. The lowest BCUT2D eigenvalue weighted by molar-refractivity contribution is 0.354. The Balaban J connectivity index is 1.85. The molecule has 0 amide bonds. The third-order valence-electron chi connectivity index (χ3n) is 3.24. The third kappa shape index (κ3) is 2.47. The van der Waals surface area contributed by atoms with Crippen molar-refractivity contribution >= 4 is 21.6 Å². The van der Waals surface area contributed by atoms with E-state index in [-0.39, 0.29) is 0 Å². The van der Waals surface area contributed by atoms with E-state index in [1.807, 2.05) is 6.07 Å². The molecule has 0 unspecified atom stereocenters. The highest BCUT2D eigenvalue weighted by molar-refractivity contribution is 9.10. The van der Waals surface area contributed by atoms with Crippen molar-refractivity contribution < 1.29 is 4.74 Å². The zero-order chi connectivity index (χ0) is 13.9. The summed E-state index contributed by atoms with van der Waals surface area (Å²) in [7, 11) is 0. The summed E-state index contributed by atoms with van der Waals surface area (Å²) < 4.78 is 6.73. The first-order valence-corrected chi connectivity index (χ1v) is 7.09. The van der Waals surface area contributed by atoms with Gasteiger partial charge in [0.25, 0.3) is 0 Å². The number of anilines is 1. The normalized spacial score (nSPS) is 12.4. The highest BCUT2D eigenvalue weighted by Crippen LogP contribution is 2.33. The molecule has 100 valence electrons. The lowest BCUT2D eigenvalue weighted by atomic mass is 10.1. The van der Waals surface area contributed by atoms with Crippen LogP contribution in [0.2, 0.25) is 0 Å². The Kier molecular flexibility index (Phi) is 3.57. The Bertz CT molecular complexity index is 694. The third-order valence-corrected chi connectivity index (χ3v) is 3.69. The minimum absolute atomic E-state index is 0.590. The van der Waals surface area contributed by atoms with Gasteiger partial charge in [-0.15, -0.1) is 0 Å². The second kappa shape index (κ2) is 5.51. The van der Waals surface area contributed by atoms with Gasteiger partial charge >= 0.3 is 0 Å². The first-order valence-electron chi connectivity index (χ1n) is 6.30. The van der Waals surface area contributed by atoms with Crippen LogP contribution in [0.4, 0.5) is 5.69 Å². The Morgan fingerprint density at radius 3 is 3.20 bits per heavy atom. The van der Waals surface area contributed by atoms with E-state index in [0.717, 1.165) is 34.5 Å². The van der Waals surface area contributed by atoms with E-state index in [2.05, 4.69) is 38.4 Å². The highest BCUT2D eigenvalue weighted by Gasteiger charge is 2.17. The lowest BCUT2D eigenvalue weighted by Crippen LogP contribution is -2.03. The fraction of sp³-hybridized carbons (Fsp3) is 0.200. The molecular formula is C15H12BrN3O. The molecule has 5 heteroatoms. The molecule has 0 saturated heterocycles. The number of ether oxygens (including phenoxy) is 1. The first-order chi connectivity index (χ1) is 9.78. The maximum atomic E-state index is 9.06. The fourth-order valence-electron chi connectivity index (χ4n) is 2.30. The SMILES string of the molecule is N#Cc1ccncc1NCc1cc(Br)cc2c1OCC2. The van der Waals surface area contributed by atoms with Crippen LogP contribution in [0.15, 0.2) is 35.1 Å².